The van der Waals surface area contributed by atoms with Gasteiger partial charge in [-0.2, -0.15) is 0 Å². The maximum Gasteiger partial charge on any atom is 0.303 e. The van der Waals surface area contributed by atoms with Gasteiger partial charge in [-0.1, -0.05) is 26.8 Å². The van der Waals surface area contributed by atoms with Crippen molar-refractivity contribution in [2.24, 2.45) is 0 Å². The van der Waals surface area contributed by atoms with Crippen molar-refractivity contribution in [2.75, 3.05) is 7.11 Å². The van der Waals surface area contributed by atoms with Crippen LogP contribution in [0.2, 0.25) is 0 Å². The number of ether oxygens (including phenoxy) is 1. The molecular weight excluding hydrogens is 232 g/mol. The molecule has 1 aromatic carbocycles. The van der Waals surface area contributed by atoms with Crippen LogP contribution < -0.4 is 4.74 Å². The van der Waals surface area contributed by atoms with Gasteiger partial charge in [0.25, 0.3) is 0 Å². The van der Waals surface area contributed by atoms with Crippen LogP contribution in [0.25, 0.3) is 0 Å². The first-order valence-electron chi connectivity index (χ1n) is 5.88. The van der Waals surface area contributed by atoms with E-state index in [4.69, 9.17) is 9.84 Å². The molecule has 0 fully saturated rings. The first-order chi connectivity index (χ1) is 8.25. The summed E-state index contributed by atoms with van der Waals surface area (Å²) in [4.78, 5) is 10.6. The van der Waals surface area contributed by atoms with Crippen LogP contribution in [0.1, 0.15) is 38.3 Å². The summed E-state index contributed by atoms with van der Waals surface area (Å²) >= 11 is 0. The van der Waals surface area contributed by atoms with Crippen LogP contribution in [0.4, 0.5) is 0 Å². The summed E-state index contributed by atoms with van der Waals surface area (Å²) in [6.45, 7) is 6.11. The fourth-order valence-electron chi connectivity index (χ4n) is 1.77. The number of carboxylic acid groups (broad SMARTS) is 1. The van der Waals surface area contributed by atoms with Gasteiger partial charge in [-0.25, -0.2) is 0 Å². The highest BCUT2D eigenvalue weighted by molar-refractivity contribution is 5.67. The number of rotatable bonds is 4. The van der Waals surface area contributed by atoms with Crippen LogP contribution in [-0.2, 0) is 16.6 Å². The van der Waals surface area contributed by atoms with E-state index in [0.29, 0.717) is 12.2 Å². The lowest BCUT2D eigenvalue weighted by atomic mass is 9.85. The summed E-state index contributed by atoms with van der Waals surface area (Å²) in [6.07, 6.45) is 0.360. The summed E-state index contributed by atoms with van der Waals surface area (Å²) in [5, 5.41) is 18.7. The molecule has 0 radical (unpaired) electrons. The molecule has 0 saturated carbocycles. The average Bonchev–Trinajstić information content (AvgIpc) is 2.24. The summed E-state index contributed by atoms with van der Waals surface area (Å²) in [5.74, 6) is -0.438. The lowest BCUT2D eigenvalue weighted by Crippen LogP contribution is -2.12. The number of methoxy groups -OCH3 is 1. The zero-order chi connectivity index (χ0) is 13.9. The van der Waals surface area contributed by atoms with Gasteiger partial charge in [-0.15, -0.1) is 0 Å². The molecule has 0 aliphatic carbocycles. The van der Waals surface area contributed by atoms with E-state index < -0.39 is 5.97 Å². The summed E-state index contributed by atoms with van der Waals surface area (Å²) in [6, 6.07) is 3.57. The van der Waals surface area contributed by atoms with Gasteiger partial charge >= 0.3 is 5.97 Å². The van der Waals surface area contributed by atoms with E-state index >= 15 is 0 Å². The fraction of sp³-hybridized carbons (Fsp3) is 0.500. The summed E-state index contributed by atoms with van der Waals surface area (Å²) in [5.41, 5.74) is 1.58. The Kier molecular flexibility index (Phi) is 4.22. The zero-order valence-corrected chi connectivity index (χ0v) is 11.3. The topological polar surface area (TPSA) is 66.8 Å². The van der Waals surface area contributed by atoms with Crippen molar-refractivity contribution in [1.82, 2.24) is 0 Å². The molecule has 0 amide bonds. The van der Waals surface area contributed by atoms with Crippen LogP contribution in [0.5, 0.6) is 11.5 Å². The molecule has 0 heterocycles. The number of aryl methyl sites for hydroxylation is 1. The van der Waals surface area contributed by atoms with E-state index in [2.05, 4.69) is 0 Å². The van der Waals surface area contributed by atoms with Crippen LogP contribution >= 0.6 is 0 Å². The average molecular weight is 252 g/mol. The van der Waals surface area contributed by atoms with E-state index in [9.17, 15) is 9.90 Å². The Hall–Kier alpha value is -1.71. The van der Waals surface area contributed by atoms with Crippen molar-refractivity contribution in [2.45, 2.75) is 39.0 Å². The smallest absolute Gasteiger partial charge is 0.303 e. The van der Waals surface area contributed by atoms with Gasteiger partial charge in [0.1, 0.15) is 0 Å². The van der Waals surface area contributed by atoms with Crippen molar-refractivity contribution in [3.63, 3.8) is 0 Å². The molecule has 4 nitrogen and oxygen atoms in total. The number of hydrogen-bond acceptors (Lipinski definition) is 3. The van der Waals surface area contributed by atoms with Gasteiger partial charge in [-0.3, -0.25) is 4.79 Å². The van der Waals surface area contributed by atoms with Crippen molar-refractivity contribution in [3.8, 4) is 11.5 Å². The maximum absolute atomic E-state index is 10.6. The normalized spacial score (nSPS) is 11.3. The van der Waals surface area contributed by atoms with Crippen molar-refractivity contribution >= 4 is 5.97 Å². The number of hydrogen-bond donors (Lipinski definition) is 2. The van der Waals surface area contributed by atoms with Crippen LogP contribution in [0.15, 0.2) is 12.1 Å². The second kappa shape index (κ2) is 5.29. The van der Waals surface area contributed by atoms with Gasteiger partial charge < -0.3 is 14.9 Å². The second-order valence-corrected chi connectivity index (χ2v) is 5.33. The van der Waals surface area contributed by atoms with Gasteiger partial charge in [0.05, 0.1) is 7.11 Å². The molecule has 2 N–H and O–H groups in total. The predicted molar refractivity (Wildman–Crippen MR) is 69.3 cm³/mol. The Morgan fingerprint density at radius 3 is 2.39 bits per heavy atom. The van der Waals surface area contributed by atoms with Gasteiger partial charge in [0.2, 0.25) is 0 Å². The minimum Gasteiger partial charge on any atom is -0.504 e. The standard InChI is InChI=1S/C14H20O4/c1-14(2,3)10-7-9(5-6-12(16)17)13(18-4)11(15)8-10/h7-8,15H,5-6H2,1-4H3,(H,16,17). The second-order valence-electron chi connectivity index (χ2n) is 5.33. The quantitative estimate of drug-likeness (QED) is 0.864. The highest BCUT2D eigenvalue weighted by Crippen LogP contribution is 2.36. The van der Waals surface area contributed by atoms with Crippen LogP contribution in [0.3, 0.4) is 0 Å². The van der Waals surface area contributed by atoms with Crippen LogP contribution in [0, 0.1) is 0 Å². The van der Waals surface area contributed by atoms with Crippen molar-refractivity contribution in [3.05, 3.63) is 23.3 Å². The highest BCUT2D eigenvalue weighted by Gasteiger charge is 2.19. The molecule has 4 heteroatoms. The Bertz CT molecular complexity index is 444. The first-order valence-corrected chi connectivity index (χ1v) is 5.88. The van der Waals surface area contributed by atoms with Gasteiger partial charge in [0, 0.05) is 6.42 Å². The number of carbonyl (C=O) groups is 1. The Morgan fingerprint density at radius 1 is 1.33 bits per heavy atom. The third-order valence-electron chi connectivity index (χ3n) is 2.82. The van der Waals surface area contributed by atoms with Crippen LogP contribution in [-0.4, -0.2) is 23.3 Å². The van der Waals surface area contributed by atoms with Crippen molar-refractivity contribution in [1.29, 1.82) is 0 Å². The third kappa shape index (κ3) is 3.39. The molecule has 0 aromatic heterocycles. The van der Waals surface area contributed by atoms with E-state index in [1.54, 1.807) is 6.07 Å². The molecule has 1 rings (SSSR count). The SMILES string of the molecule is COc1c(O)cc(C(C)(C)C)cc1CCC(=O)O. The first kappa shape index (κ1) is 14.4. The zero-order valence-electron chi connectivity index (χ0n) is 11.3. The van der Waals surface area contributed by atoms with Crippen molar-refractivity contribution < 1.29 is 19.7 Å². The van der Waals surface area contributed by atoms with E-state index in [-0.39, 0.29) is 17.6 Å². The largest absolute Gasteiger partial charge is 0.504 e. The number of aliphatic carboxylic acids is 1. The fourth-order valence-corrected chi connectivity index (χ4v) is 1.77. The maximum atomic E-state index is 10.6. The third-order valence-corrected chi connectivity index (χ3v) is 2.82. The predicted octanol–water partition coefficient (Wildman–Crippen LogP) is 2.72. The minimum atomic E-state index is -0.863. The summed E-state index contributed by atoms with van der Waals surface area (Å²) in [7, 11) is 1.47. The number of aromatic hydroxyl groups is 1. The molecule has 0 atom stereocenters. The van der Waals surface area contributed by atoms with E-state index in [0.717, 1.165) is 11.1 Å². The molecule has 0 unspecified atom stereocenters. The van der Waals surface area contributed by atoms with E-state index in [1.165, 1.54) is 7.11 Å². The minimum absolute atomic E-state index is 0.0173. The Labute approximate surface area is 107 Å². The Morgan fingerprint density at radius 2 is 1.94 bits per heavy atom. The molecule has 0 saturated heterocycles. The molecular formula is C14H20O4. The molecule has 0 spiro atoms. The van der Waals surface area contributed by atoms with E-state index in [1.807, 2.05) is 26.8 Å². The molecule has 18 heavy (non-hydrogen) atoms. The highest BCUT2D eigenvalue weighted by atomic mass is 16.5. The Balaban J connectivity index is 3.19. The number of phenolic OH excluding ortho intramolecular Hbond substituents is 1. The molecule has 0 aliphatic rings. The molecule has 0 aliphatic heterocycles. The summed E-state index contributed by atoms with van der Waals surface area (Å²) < 4.78 is 5.13. The monoisotopic (exact) mass is 252 g/mol. The van der Waals surface area contributed by atoms with Gasteiger partial charge in [-0.05, 0) is 29.0 Å². The lowest BCUT2D eigenvalue weighted by molar-refractivity contribution is -0.136. The number of carboxylic acids is 1. The molecule has 1 aromatic rings. The lowest BCUT2D eigenvalue weighted by Gasteiger charge is -2.22. The number of benzene rings is 1. The number of phenols is 1. The molecule has 100 valence electrons. The van der Waals surface area contributed by atoms with Gasteiger partial charge in [0.15, 0.2) is 11.5 Å². The molecule has 0 bridgehead atoms.